The molecule has 1 aromatic heterocycles. The van der Waals surface area contributed by atoms with E-state index in [1.165, 1.54) is 31.5 Å². The molecule has 1 saturated heterocycles. The quantitative estimate of drug-likeness (QED) is 0.374. The summed E-state index contributed by atoms with van der Waals surface area (Å²) in [5, 5.41) is 6.26. The van der Waals surface area contributed by atoms with Crippen LogP contribution in [0.5, 0.6) is 11.8 Å². The van der Waals surface area contributed by atoms with Gasteiger partial charge in [0, 0.05) is 31.1 Å². The van der Waals surface area contributed by atoms with Gasteiger partial charge in [0.2, 0.25) is 22.8 Å². The molecular formula is C31H43N5O5S. The Hall–Kier alpha value is -3.18. The van der Waals surface area contributed by atoms with Gasteiger partial charge < -0.3 is 25.0 Å². The molecule has 0 radical (unpaired) electrons. The monoisotopic (exact) mass is 597 g/mol. The number of hydrogen-bond donors (Lipinski definition) is 2. The van der Waals surface area contributed by atoms with Crippen LogP contribution in [0.2, 0.25) is 0 Å². The molecule has 2 atom stereocenters. The van der Waals surface area contributed by atoms with Crippen molar-refractivity contribution >= 4 is 28.7 Å². The number of aromatic nitrogens is 2. The first-order valence-electron chi connectivity index (χ1n) is 14.9. The van der Waals surface area contributed by atoms with Crippen LogP contribution in [0.1, 0.15) is 79.4 Å². The molecule has 1 aliphatic carbocycles. The van der Waals surface area contributed by atoms with E-state index in [0.717, 1.165) is 44.1 Å². The zero-order valence-electron chi connectivity index (χ0n) is 24.9. The predicted molar refractivity (Wildman–Crippen MR) is 163 cm³/mol. The average Bonchev–Trinajstić information content (AvgIpc) is 3.04. The molecule has 11 heteroatoms. The highest BCUT2D eigenvalue weighted by Gasteiger charge is 2.31. The van der Waals surface area contributed by atoms with Crippen LogP contribution in [0.3, 0.4) is 0 Å². The number of amides is 2. The fourth-order valence-electron chi connectivity index (χ4n) is 5.85. The molecule has 0 unspecified atom stereocenters. The van der Waals surface area contributed by atoms with Crippen LogP contribution >= 0.6 is 11.8 Å². The lowest BCUT2D eigenvalue weighted by Crippen LogP contribution is -2.45. The molecule has 1 aromatic carbocycles. The Balaban J connectivity index is 1.34. The average molecular weight is 598 g/mol. The third-order valence-corrected chi connectivity index (χ3v) is 8.76. The lowest BCUT2D eigenvalue weighted by Gasteiger charge is -2.33. The molecule has 10 nitrogen and oxygen atoms in total. The smallest absolute Gasteiger partial charge is 0.251 e. The van der Waals surface area contributed by atoms with Crippen LogP contribution in [0.25, 0.3) is 0 Å². The van der Waals surface area contributed by atoms with Crippen molar-refractivity contribution in [1.82, 2.24) is 25.5 Å². The Morgan fingerprint density at radius 1 is 1.14 bits per heavy atom. The Morgan fingerprint density at radius 2 is 1.95 bits per heavy atom. The number of carbonyl (C=O) groups is 3. The first-order valence-corrected chi connectivity index (χ1v) is 16.2. The fourth-order valence-corrected chi connectivity index (χ4v) is 6.36. The van der Waals surface area contributed by atoms with E-state index in [2.05, 4.69) is 20.6 Å². The van der Waals surface area contributed by atoms with Gasteiger partial charge in [0.15, 0.2) is 0 Å². The molecule has 42 heavy (non-hydrogen) atoms. The van der Waals surface area contributed by atoms with Gasteiger partial charge >= 0.3 is 0 Å². The minimum atomic E-state index is -0.458. The van der Waals surface area contributed by atoms with Crippen molar-refractivity contribution in [3.63, 3.8) is 0 Å². The normalized spacial score (nSPS) is 18.3. The lowest BCUT2D eigenvalue weighted by atomic mass is 9.84. The Bertz CT molecular complexity index is 1220. The topological polar surface area (TPSA) is 123 Å². The number of carbonyl (C=O) groups excluding carboxylic acids is 3. The number of thioether (sulfide) groups is 1. The highest BCUT2D eigenvalue weighted by Crippen LogP contribution is 2.30. The zero-order chi connectivity index (χ0) is 29.9. The molecule has 2 aromatic rings. The van der Waals surface area contributed by atoms with E-state index in [1.54, 1.807) is 12.3 Å². The number of piperidine rings is 1. The van der Waals surface area contributed by atoms with Crippen LogP contribution < -0.4 is 20.1 Å². The Morgan fingerprint density at radius 3 is 2.69 bits per heavy atom. The van der Waals surface area contributed by atoms with Gasteiger partial charge in [-0.05, 0) is 62.5 Å². The number of hydrogen-bond acceptors (Lipinski definition) is 9. The molecule has 2 fully saturated rings. The molecule has 2 heterocycles. The van der Waals surface area contributed by atoms with Crippen molar-refractivity contribution in [2.24, 2.45) is 5.92 Å². The highest BCUT2D eigenvalue weighted by atomic mass is 32.2. The van der Waals surface area contributed by atoms with Crippen molar-refractivity contribution in [1.29, 1.82) is 0 Å². The number of methoxy groups -OCH3 is 1. The maximum Gasteiger partial charge on any atom is 0.251 e. The summed E-state index contributed by atoms with van der Waals surface area (Å²) in [5.41, 5.74) is 2.20. The second kappa shape index (κ2) is 15.9. The number of likely N-dealkylation sites (tertiary alicyclic amines) is 1. The summed E-state index contributed by atoms with van der Waals surface area (Å²) < 4.78 is 10.7. The van der Waals surface area contributed by atoms with Crippen LogP contribution in [0.4, 0.5) is 0 Å². The molecule has 228 valence electrons. The van der Waals surface area contributed by atoms with Gasteiger partial charge in [0.25, 0.3) is 5.91 Å². The zero-order valence-corrected chi connectivity index (χ0v) is 25.7. The van der Waals surface area contributed by atoms with E-state index in [4.69, 9.17) is 9.47 Å². The standard InChI is InChI=1S/C31H43N5O5S/c1-4-41-30-25(33-18-26(34-30)40-2)17-32-19-27(37)36-15-9-14-24(20-36)22-12-8-13-23(16-22)29(38)35-28(31(39)42-3)21-10-6-5-7-11-21/h8,12-13,16,18,21,24,28,32H,4-7,9-11,14-15,17,19-20H2,1-3H3,(H,35,38)/t24-,28+/m0/s1. The number of rotatable bonds is 12. The van der Waals surface area contributed by atoms with Gasteiger partial charge in [0.1, 0.15) is 11.7 Å². The van der Waals surface area contributed by atoms with E-state index >= 15 is 0 Å². The SMILES string of the molecule is CCOc1nc(OC)cnc1CNCC(=O)N1CCC[C@H](c2cccc(C(=O)N[C@@H](C(=O)SC)C3CCCCC3)c2)C1. The van der Waals surface area contributed by atoms with Gasteiger partial charge in [0.05, 0.1) is 26.5 Å². The second-order valence-electron chi connectivity index (χ2n) is 10.9. The van der Waals surface area contributed by atoms with Gasteiger partial charge in [-0.15, -0.1) is 0 Å². The molecule has 0 spiro atoms. The molecule has 4 rings (SSSR count). The molecule has 0 bridgehead atoms. The van der Waals surface area contributed by atoms with E-state index in [9.17, 15) is 14.4 Å². The Kier molecular flexibility index (Phi) is 12.0. The molecule has 2 amide bonds. The fraction of sp³-hybridized carbons (Fsp3) is 0.581. The third-order valence-electron chi connectivity index (χ3n) is 8.11. The van der Waals surface area contributed by atoms with Crippen LogP contribution in [0, 0.1) is 5.92 Å². The molecule has 2 N–H and O–H groups in total. The summed E-state index contributed by atoms with van der Waals surface area (Å²) in [6.45, 7) is 4.12. The van der Waals surface area contributed by atoms with Gasteiger partial charge in [-0.2, -0.15) is 4.98 Å². The maximum absolute atomic E-state index is 13.3. The first kappa shape index (κ1) is 31.7. The maximum atomic E-state index is 13.3. The van der Waals surface area contributed by atoms with E-state index < -0.39 is 6.04 Å². The summed E-state index contributed by atoms with van der Waals surface area (Å²) in [5.74, 6) is 0.891. The van der Waals surface area contributed by atoms with Crippen molar-refractivity contribution in [2.75, 3.05) is 39.6 Å². The van der Waals surface area contributed by atoms with Crippen LogP contribution in [-0.4, -0.2) is 77.4 Å². The van der Waals surface area contributed by atoms with Crippen molar-refractivity contribution in [3.05, 3.63) is 47.3 Å². The lowest BCUT2D eigenvalue weighted by molar-refractivity contribution is -0.131. The highest BCUT2D eigenvalue weighted by molar-refractivity contribution is 8.13. The van der Waals surface area contributed by atoms with E-state index in [1.807, 2.05) is 30.0 Å². The second-order valence-corrected chi connectivity index (χ2v) is 11.7. The number of benzene rings is 1. The molecule has 2 aliphatic rings. The third kappa shape index (κ3) is 8.44. The van der Waals surface area contributed by atoms with Crippen LogP contribution in [0.15, 0.2) is 30.5 Å². The van der Waals surface area contributed by atoms with Crippen molar-refractivity contribution < 1.29 is 23.9 Å². The summed E-state index contributed by atoms with van der Waals surface area (Å²) >= 11 is 1.19. The van der Waals surface area contributed by atoms with E-state index in [0.29, 0.717) is 49.3 Å². The number of nitrogens with zero attached hydrogens (tertiary/aromatic N) is 3. The largest absolute Gasteiger partial charge is 0.480 e. The van der Waals surface area contributed by atoms with Gasteiger partial charge in [-0.3, -0.25) is 14.4 Å². The minimum Gasteiger partial charge on any atom is -0.480 e. The summed E-state index contributed by atoms with van der Waals surface area (Å²) in [6.07, 6.45) is 10.5. The predicted octanol–water partition coefficient (Wildman–Crippen LogP) is 3.95. The summed E-state index contributed by atoms with van der Waals surface area (Å²) in [7, 11) is 1.52. The van der Waals surface area contributed by atoms with Gasteiger partial charge in [-0.25, -0.2) is 4.98 Å². The van der Waals surface area contributed by atoms with Crippen molar-refractivity contribution in [2.45, 2.75) is 70.4 Å². The molecule has 1 aliphatic heterocycles. The minimum absolute atomic E-state index is 0.0129. The number of nitrogens with one attached hydrogen (secondary N) is 2. The first-order chi connectivity index (χ1) is 20.4. The summed E-state index contributed by atoms with van der Waals surface area (Å²) in [6, 6.07) is 7.18. The van der Waals surface area contributed by atoms with Crippen molar-refractivity contribution in [3.8, 4) is 11.8 Å². The van der Waals surface area contributed by atoms with E-state index in [-0.39, 0.29) is 35.3 Å². The molecular weight excluding hydrogens is 554 g/mol. The Labute approximate surface area is 252 Å². The molecule has 1 saturated carbocycles. The summed E-state index contributed by atoms with van der Waals surface area (Å²) in [4.78, 5) is 49.6. The van der Waals surface area contributed by atoms with Gasteiger partial charge in [-0.1, -0.05) is 43.2 Å². The number of ether oxygens (including phenoxy) is 2. The van der Waals surface area contributed by atoms with Crippen LogP contribution in [-0.2, 0) is 16.1 Å².